The van der Waals surface area contributed by atoms with Gasteiger partial charge in [-0.1, -0.05) is 17.7 Å². The van der Waals surface area contributed by atoms with Gasteiger partial charge >= 0.3 is 11.4 Å². The number of rotatable bonds is 4. The largest absolute Gasteiger partial charge is 0.493 e. The molecule has 4 rings (SSSR count). The van der Waals surface area contributed by atoms with Crippen LogP contribution >= 0.6 is 0 Å². The second-order valence-electron chi connectivity index (χ2n) is 8.05. The molecule has 0 fully saturated rings. The summed E-state index contributed by atoms with van der Waals surface area (Å²) in [5.74, 6) is -0.518. The average Bonchev–Trinajstić information content (AvgIpc) is 2.97. The molecule has 10 heteroatoms. The Morgan fingerprint density at radius 3 is 2.21 bits per heavy atom. The minimum atomic E-state index is -0.760. The molecule has 0 unspecified atom stereocenters. The van der Waals surface area contributed by atoms with Crippen molar-refractivity contribution < 1.29 is 5.11 Å². The van der Waals surface area contributed by atoms with E-state index < -0.39 is 17.1 Å². The molecule has 0 aliphatic carbocycles. The van der Waals surface area contributed by atoms with E-state index in [9.17, 15) is 19.5 Å². The fourth-order valence-electron chi connectivity index (χ4n) is 3.71. The van der Waals surface area contributed by atoms with Crippen LogP contribution < -0.4 is 21.8 Å². The van der Waals surface area contributed by atoms with Crippen molar-refractivity contribution in [1.82, 2.24) is 18.7 Å². The molecule has 0 saturated carbocycles. The van der Waals surface area contributed by atoms with Gasteiger partial charge < -0.3 is 10.0 Å². The first-order valence-corrected chi connectivity index (χ1v) is 10.2. The highest BCUT2D eigenvalue weighted by Gasteiger charge is 2.16. The van der Waals surface area contributed by atoms with Crippen LogP contribution in [0.4, 0.5) is 11.4 Å². The fraction of sp³-hybridized carbons (Fsp3) is 0.217. The first kappa shape index (κ1) is 21.9. The number of nitrogens with one attached hydrogen (secondary N) is 1. The molecular weight excluding hydrogens is 424 g/mol. The minimum absolute atomic E-state index is 0.165. The van der Waals surface area contributed by atoms with E-state index in [0.717, 1.165) is 15.6 Å². The monoisotopic (exact) mass is 448 g/mol. The number of imidazole rings is 1. The molecule has 0 saturated heterocycles. The highest BCUT2D eigenvalue weighted by molar-refractivity contribution is 5.91. The summed E-state index contributed by atoms with van der Waals surface area (Å²) in [5, 5.41) is 10.8. The van der Waals surface area contributed by atoms with E-state index in [2.05, 4.69) is 9.98 Å². The maximum Gasteiger partial charge on any atom is 0.335 e. The topological polar surface area (TPSA) is 118 Å². The van der Waals surface area contributed by atoms with Gasteiger partial charge in [-0.15, -0.1) is 0 Å². The summed E-state index contributed by atoms with van der Waals surface area (Å²) in [6.07, 6.45) is 1.22. The van der Waals surface area contributed by atoms with Crippen LogP contribution in [-0.4, -0.2) is 44.1 Å². The molecule has 2 heterocycles. The Kier molecular flexibility index (Phi) is 5.28. The zero-order chi connectivity index (χ0) is 24.0. The zero-order valence-corrected chi connectivity index (χ0v) is 18.9. The molecule has 0 radical (unpaired) electrons. The molecule has 0 aliphatic rings. The Morgan fingerprint density at radius 2 is 1.61 bits per heavy atom. The lowest BCUT2D eigenvalue weighted by Crippen LogP contribution is -2.31. The van der Waals surface area contributed by atoms with Crippen LogP contribution in [0.5, 0.6) is 5.88 Å². The molecular formula is C23H24N6O4. The smallest absolute Gasteiger partial charge is 0.335 e. The molecule has 4 aromatic rings. The van der Waals surface area contributed by atoms with Crippen molar-refractivity contribution >= 4 is 28.6 Å². The molecule has 0 amide bonds. The van der Waals surface area contributed by atoms with Gasteiger partial charge in [0.05, 0.1) is 28.1 Å². The Bertz CT molecular complexity index is 1580. The number of aliphatic imine (C=N–C) groups is 1. The van der Waals surface area contributed by atoms with E-state index in [1.165, 1.54) is 10.8 Å². The minimum Gasteiger partial charge on any atom is -0.493 e. The third-order valence-corrected chi connectivity index (χ3v) is 5.60. The molecule has 0 bridgehead atoms. The van der Waals surface area contributed by atoms with Crippen LogP contribution in [0, 0.1) is 6.92 Å². The number of anilines is 1. The van der Waals surface area contributed by atoms with Crippen molar-refractivity contribution in [2.75, 3.05) is 19.0 Å². The number of fused-ring (bicyclic) bond motifs is 1. The van der Waals surface area contributed by atoms with Gasteiger partial charge in [-0.3, -0.25) is 23.9 Å². The van der Waals surface area contributed by atoms with Gasteiger partial charge in [-0.2, -0.15) is 0 Å². The highest BCUT2D eigenvalue weighted by Crippen LogP contribution is 2.32. The number of hydrogen-bond donors (Lipinski definition) is 2. The van der Waals surface area contributed by atoms with Crippen LogP contribution in [0.15, 0.2) is 55.8 Å². The number of benzene rings is 2. The number of hydrogen-bond acceptors (Lipinski definition) is 6. The molecule has 0 atom stereocenters. The first-order chi connectivity index (χ1) is 15.6. The van der Waals surface area contributed by atoms with Crippen molar-refractivity contribution in [3.8, 4) is 11.6 Å². The summed E-state index contributed by atoms with van der Waals surface area (Å²) < 4.78 is 4.07. The van der Waals surface area contributed by atoms with Crippen molar-refractivity contribution in [3.05, 3.63) is 78.8 Å². The summed E-state index contributed by atoms with van der Waals surface area (Å²) in [4.78, 5) is 45.7. The van der Waals surface area contributed by atoms with Crippen LogP contribution in [0.2, 0.25) is 0 Å². The summed E-state index contributed by atoms with van der Waals surface area (Å²) in [7, 11) is 7.03. The average molecular weight is 448 g/mol. The summed E-state index contributed by atoms with van der Waals surface area (Å²) in [6.45, 7) is 1.90. The summed E-state index contributed by atoms with van der Waals surface area (Å²) in [6, 6.07) is 10.5. The molecule has 2 N–H and O–H groups in total. The maximum atomic E-state index is 12.5. The summed E-state index contributed by atoms with van der Waals surface area (Å²) >= 11 is 0. The van der Waals surface area contributed by atoms with Gasteiger partial charge in [-0.05, 0) is 31.2 Å². The Balaban J connectivity index is 1.90. The highest BCUT2D eigenvalue weighted by atomic mass is 16.3. The van der Waals surface area contributed by atoms with Crippen molar-refractivity contribution in [3.63, 3.8) is 0 Å². The van der Waals surface area contributed by atoms with E-state index in [-0.39, 0.29) is 11.3 Å². The second-order valence-corrected chi connectivity index (χ2v) is 8.05. The van der Waals surface area contributed by atoms with E-state index in [1.54, 1.807) is 49.0 Å². The van der Waals surface area contributed by atoms with Gasteiger partial charge in [0.2, 0.25) is 5.88 Å². The number of aromatic amines is 1. The third kappa shape index (κ3) is 3.65. The molecule has 2 aromatic heterocycles. The van der Waals surface area contributed by atoms with Gasteiger partial charge in [-0.25, -0.2) is 14.2 Å². The van der Waals surface area contributed by atoms with Crippen LogP contribution in [-0.2, 0) is 14.1 Å². The fourth-order valence-corrected chi connectivity index (χ4v) is 3.71. The molecule has 0 aliphatic heterocycles. The van der Waals surface area contributed by atoms with Gasteiger partial charge in [0.15, 0.2) is 0 Å². The van der Waals surface area contributed by atoms with Gasteiger partial charge in [0.1, 0.15) is 5.56 Å². The molecule has 2 aromatic carbocycles. The lowest BCUT2D eigenvalue weighted by Gasteiger charge is -2.16. The molecule has 33 heavy (non-hydrogen) atoms. The summed E-state index contributed by atoms with van der Waals surface area (Å²) in [5.41, 5.74) is 2.14. The molecule has 10 nitrogen and oxygen atoms in total. The molecule has 170 valence electrons. The van der Waals surface area contributed by atoms with Crippen molar-refractivity contribution in [2.24, 2.45) is 19.1 Å². The van der Waals surface area contributed by atoms with Gasteiger partial charge in [0, 0.05) is 34.4 Å². The normalized spacial score (nSPS) is 11.5. The third-order valence-electron chi connectivity index (χ3n) is 5.60. The van der Waals surface area contributed by atoms with E-state index >= 15 is 0 Å². The van der Waals surface area contributed by atoms with E-state index in [0.29, 0.717) is 22.6 Å². The van der Waals surface area contributed by atoms with Crippen molar-refractivity contribution in [2.45, 2.75) is 6.92 Å². The number of H-pyrrole nitrogens is 1. The number of aromatic hydroxyl groups is 1. The van der Waals surface area contributed by atoms with Crippen LogP contribution in [0.1, 0.15) is 11.1 Å². The predicted molar refractivity (Wildman–Crippen MR) is 129 cm³/mol. The standard InChI is InChI=1S/C23H24N6O4/c1-13-6-8-14(9-7-13)29-21(31)15(20(30)25-22(29)32)12-24-16-10-18-19(11-17(16)26(2)3)28(5)23(33)27(18)4/h6-12,31H,1-5H3,(H,25,30,32). The Morgan fingerprint density at radius 1 is 1.00 bits per heavy atom. The number of aryl methyl sites for hydroxylation is 3. The molecule has 0 spiro atoms. The number of aromatic nitrogens is 4. The number of nitrogens with zero attached hydrogens (tertiary/aromatic N) is 5. The first-order valence-electron chi connectivity index (χ1n) is 10.2. The van der Waals surface area contributed by atoms with Crippen LogP contribution in [0.25, 0.3) is 16.7 Å². The van der Waals surface area contributed by atoms with Crippen LogP contribution in [0.3, 0.4) is 0 Å². The van der Waals surface area contributed by atoms with Gasteiger partial charge in [0.25, 0.3) is 5.56 Å². The predicted octanol–water partition coefficient (Wildman–Crippen LogP) is 1.55. The lowest BCUT2D eigenvalue weighted by molar-refractivity contribution is 0.430. The lowest BCUT2D eigenvalue weighted by atomic mass is 10.2. The second kappa shape index (κ2) is 7.97. The van der Waals surface area contributed by atoms with Crippen molar-refractivity contribution in [1.29, 1.82) is 0 Å². The Hall–Kier alpha value is -4.34. The quantitative estimate of drug-likeness (QED) is 0.460. The Labute approximate surface area is 188 Å². The maximum absolute atomic E-state index is 12.5. The zero-order valence-electron chi connectivity index (χ0n) is 18.9. The SMILES string of the molecule is Cc1ccc(-n2c(O)c(C=Nc3cc4c(cc3N(C)C)n(C)c(=O)n4C)c(=O)[nH]c2=O)cc1. The van der Waals surface area contributed by atoms with E-state index in [4.69, 9.17) is 0 Å². The van der Waals surface area contributed by atoms with E-state index in [1.807, 2.05) is 32.0 Å².